The Bertz CT molecular complexity index is 667. The molecule has 3 atom stereocenters. The number of nitrogens with one attached hydrogen (secondary N) is 2. The zero-order chi connectivity index (χ0) is 21.4. The Kier molecular flexibility index (Phi) is 8.31. The lowest BCUT2D eigenvalue weighted by molar-refractivity contribution is -0.149. The molecule has 5 amide bonds. The van der Waals surface area contributed by atoms with E-state index in [4.69, 9.17) is 17.2 Å². The Labute approximate surface area is 159 Å². The van der Waals surface area contributed by atoms with Gasteiger partial charge in [-0.05, 0) is 12.8 Å². The number of nitrogens with zero attached hydrogens (tertiary/aromatic N) is 1. The lowest BCUT2D eigenvalue weighted by atomic mass is 10.1. The van der Waals surface area contributed by atoms with Gasteiger partial charge in [-0.3, -0.25) is 24.0 Å². The third kappa shape index (κ3) is 6.83. The van der Waals surface area contributed by atoms with Gasteiger partial charge in [-0.2, -0.15) is 0 Å². The quantitative estimate of drug-likeness (QED) is 0.210. The van der Waals surface area contributed by atoms with E-state index in [0.29, 0.717) is 6.42 Å². The van der Waals surface area contributed by atoms with Crippen molar-refractivity contribution in [3.8, 4) is 0 Å². The number of amides is 5. The number of carbonyl (C=O) groups is 6. The summed E-state index contributed by atoms with van der Waals surface area (Å²) < 4.78 is 0. The van der Waals surface area contributed by atoms with Crippen LogP contribution in [-0.2, 0) is 28.8 Å². The first-order valence-corrected chi connectivity index (χ1v) is 8.45. The molecule has 1 heterocycles. The van der Waals surface area contributed by atoms with Crippen LogP contribution in [0.4, 0.5) is 0 Å². The fraction of sp³-hybridized carbons (Fsp3) is 0.600. The molecule has 13 nitrogen and oxygen atoms in total. The van der Waals surface area contributed by atoms with Gasteiger partial charge in [0.15, 0.2) is 0 Å². The van der Waals surface area contributed by atoms with Crippen LogP contribution < -0.4 is 27.8 Å². The van der Waals surface area contributed by atoms with E-state index < -0.39 is 73.0 Å². The topological polar surface area (TPSA) is 228 Å². The molecule has 1 fully saturated rings. The average Bonchev–Trinajstić information content (AvgIpc) is 3.07. The number of carboxylic acids is 1. The predicted molar refractivity (Wildman–Crippen MR) is 92.9 cm³/mol. The van der Waals surface area contributed by atoms with Gasteiger partial charge in [0.2, 0.25) is 29.5 Å². The number of carbonyl (C=O) groups excluding carboxylic acids is 5. The van der Waals surface area contributed by atoms with E-state index in [1.807, 2.05) is 0 Å². The summed E-state index contributed by atoms with van der Waals surface area (Å²) in [5.74, 6) is -5.25. The number of likely N-dealkylation sites (tertiary alicyclic amines) is 1. The molecule has 9 N–H and O–H groups in total. The summed E-state index contributed by atoms with van der Waals surface area (Å²) in [6.45, 7) is -0.421. The first-order valence-electron chi connectivity index (χ1n) is 8.45. The van der Waals surface area contributed by atoms with Gasteiger partial charge in [0.25, 0.3) is 0 Å². The molecule has 13 heteroatoms. The largest absolute Gasteiger partial charge is 0.480 e. The van der Waals surface area contributed by atoms with Gasteiger partial charge >= 0.3 is 5.97 Å². The number of carboxylic acid groups (broad SMARTS) is 1. The maximum Gasteiger partial charge on any atom is 0.326 e. The summed E-state index contributed by atoms with van der Waals surface area (Å²) in [6, 6.07) is -3.67. The number of primary amides is 2. The summed E-state index contributed by atoms with van der Waals surface area (Å²) in [6.07, 6.45) is -0.232. The van der Waals surface area contributed by atoms with Gasteiger partial charge in [0, 0.05) is 6.54 Å². The fourth-order valence-corrected chi connectivity index (χ4v) is 2.74. The summed E-state index contributed by atoms with van der Waals surface area (Å²) in [4.78, 5) is 70.5. The van der Waals surface area contributed by atoms with Crippen LogP contribution in [0.1, 0.15) is 25.7 Å². The second kappa shape index (κ2) is 10.2. The highest BCUT2D eigenvalue weighted by molar-refractivity contribution is 5.95. The van der Waals surface area contributed by atoms with E-state index >= 15 is 0 Å². The second-order valence-electron chi connectivity index (χ2n) is 6.31. The Hall–Kier alpha value is -3.22. The first-order chi connectivity index (χ1) is 13.0. The van der Waals surface area contributed by atoms with Crippen LogP contribution in [0, 0.1) is 0 Å². The molecule has 3 unspecified atom stereocenters. The van der Waals surface area contributed by atoms with Crippen molar-refractivity contribution in [2.24, 2.45) is 17.2 Å². The minimum atomic E-state index is -1.37. The number of rotatable bonds is 10. The molecule has 1 rings (SSSR count). The van der Waals surface area contributed by atoms with Gasteiger partial charge < -0.3 is 37.8 Å². The van der Waals surface area contributed by atoms with E-state index in [1.54, 1.807) is 0 Å². The molecule has 0 aromatic carbocycles. The van der Waals surface area contributed by atoms with Gasteiger partial charge in [0.05, 0.1) is 25.4 Å². The van der Waals surface area contributed by atoms with Crippen molar-refractivity contribution in [2.75, 3.05) is 13.1 Å². The zero-order valence-corrected chi connectivity index (χ0v) is 15.1. The highest BCUT2D eigenvalue weighted by Gasteiger charge is 2.38. The van der Waals surface area contributed by atoms with Crippen molar-refractivity contribution in [3.63, 3.8) is 0 Å². The van der Waals surface area contributed by atoms with Crippen molar-refractivity contribution in [3.05, 3.63) is 0 Å². The van der Waals surface area contributed by atoms with E-state index in [9.17, 15) is 33.9 Å². The normalized spacial score (nSPS) is 18.0. The second-order valence-corrected chi connectivity index (χ2v) is 6.31. The molecule has 0 aromatic heterocycles. The third-order valence-electron chi connectivity index (χ3n) is 4.04. The number of hydrogen-bond donors (Lipinski definition) is 6. The van der Waals surface area contributed by atoms with E-state index in [-0.39, 0.29) is 13.0 Å². The molecular weight excluding hydrogens is 376 g/mol. The zero-order valence-electron chi connectivity index (χ0n) is 15.1. The third-order valence-corrected chi connectivity index (χ3v) is 4.04. The molecule has 1 aliphatic heterocycles. The summed E-state index contributed by atoms with van der Waals surface area (Å²) in [7, 11) is 0. The summed E-state index contributed by atoms with van der Waals surface area (Å²) >= 11 is 0. The smallest absolute Gasteiger partial charge is 0.326 e. The Morgan fingerprint density at radius 2 is 1.68 bits per heavy atom. The summed E-state index contributed by atoms with van der Waals surface area (Å²) in [5.41, 5.74) is 15.4. The highest BCUT2D eigenvalue weighted by atomic mass is 16.4. The standard InChI is InChI=1S/C15H24N6O7/c16-7(4-10(17)22)13(25)19-6-12(24)20-8(5-11(18)23)14(26)21-3-1-2-9(21)15(27)28/h7-9H,1-6,16H2,(H2,17,22)(H2,18,23)(H,19,25)(H,20,24)(H,27,28). The SMILES string of the molecule is NC(=O)CC(N)C(=O)NCC(=O)NC(CC(N)=O)C(=O)N1CCCC1C(=O)O. The molecule has 0 spiro atoms. The maximum atomic E-state index is 12.6. The predicted octanol–water partition coefficient (Wildman–Crippen LogP) is -4.26. The summed E-state index contributed by atoms with van der Waals surface area (Å²) in [5, 5.41) is 13.6. The molecule has 1 saturated heterocycles. The minimum absolute atomic E-state index is 0.166. The molecule has 1 aliphatic rings. The molecule has 156 valence electrons. The molecule has 0 bridgehead atoms. The Morgan fingerprint density at radius 1 is 1.07 bits per heavy atom. The van der Waals surface area contributed by atoms with Crippen LogP contribution in [0.3, 0.4) is 0 Å². The Morgan fingerprint density at radius 3 is 2.21 bits per heavy atom. The van der Waals surface area contributed by atoms with Gasteiger partial charge in [-0.1, -0.05) is 0 Å². The van der Waals surface area contributed by atoms with Crippen LogP contribution in [0.25, 0.3) is 0 Å². The molecule has 0 saturated carbocycles. The Balaban J connectivity index is 2.70. The van der Waals surface area contributed by atoms with Crippen molar-refractivity contribution in [1.29, 1.82) is 0 Å². The van der Waals surface area contributed by atoms with Crippen molar-refractivity contribution >= 4 is 35.5 Å². The van der Waals surface area contributed by atoms with Crippen LogP contribution in [-0.4, -0.2) is 76.7 Å². The van der Waals surface area contributed by atoms with Gasteiger partial charge in [-0.15, -0.1) is 0 Å². The van der Waals surface area contributed by atoms with Crippen LogP contribution in [0.2, 0.25) is 0 Å². The fourth-order valence-electron chi connectivity index (χ4n) is 2.74. The number of nitrogens with two attached hydrogens (primary N) is 3. The highest BCUT2D eigenvalue weighted by Crippen LogP contribution is 2.19. The minimum Gasteiger partial charge on any atom is -0.480 e. The first kappa shape index (κ1) is 22.8. The average molecular weight is 400 g/mol. The molecule has 28 heavy (non-hydrogen) atoms. The van der Waals surface area contributed by atoms with Crippen molar-refractivity contribution < 1.29 is 33.9 Å². The molecule has 0 radical (unpaired) electrons. The van der Waals surface area contributed by atoms with Crippen molar-refractivity contribution in [1.82, 2.24) is 15.5 Å². The van der Waals surface area contributed by atoms with Crippen molar-refractivity contribution in [2.45, 2.75) is 43.8 Å². The van der Waals surface area contributed by atoms with E-state index in [1.165, 1.54) is 0 Å². The number of aliphatic carboxylic acids is 1. The van der Waals surface area contributed by atoms with Crippen LogP contribution in [0.5, 0.6) is 0 Å². The lowest BCUT2D eigenvalue weighted by Gasteiger charge is -2.26. The van der Waals surface area contributed by atoms with E-state index in [2.05, 4.69) is 10.6 Å². The maximum absolute atomic E-state index is 12.6. The van der Waals surface area contributed by atoms with Crippen LogP contribution >= 0.6 is 0 Å². The monoisotopic (exact) mass is 400 g/mol. The number of hydrogen-bond acceptors (Lipinski definition) is 7. The van der Waals surface area contributed by atoms with Gasteiger partial charge in [0.1, 0.15) is 12.1 Å². The molecular formula is C15H24N6O7. The molecule has 0 aliphatic carbocycles. The van der Waals surface area contributed by atoms with E-state index in [0.717, 1.165) is 4.90 Å². The molecule has 0 aromatic rings. The van der Waals surface area contributed by atoms with Gasteiger partial charge in [-0.25, -0.2) is 4.79 Å². The van der Waals surface area contributed by atoms with Crippen LogP contribution in [0.15, 0.2) is 0 Å². The lowest BCUT2D eigenvalue weighted by Crippen LogP contribution is -2.54.